The van der Waals surface area contributed by atoms with E-state index in [9.17, 15) is 9.36 Å². The van der Waals surface area contributed by atoms with Crippen molar-refractivity contribution in [3.63, 3.8) is 0 Å². The van der Waals surface area contributed by atoms with Gasteiger partial charge in [0.15, 0.2) is 0 Å². The molecule has 0 aliphatic heterocycles. The zero-order valence-electron chi connectivity index (χ0n) is 16.2. The first-order valence-electron chi connectivity index (χ1n) is 8.92. The Hall–Kier alpha value is -2.33. The zero-order chi connectivity index (χ0) is 20.7. The minimum atomic E-state index is -1.70. The predicted octanol–water partition coefficient (Wildman–Crippen LogP) is 6.91. The van der Waals surface area contributed by atoms with Crippen molar-refractivity contribution in [1.29, 1.82) is 0 Å². The van der Waals surface area contributed by atoms with Crippen LogP contribution in [0.1, 0.15) is 30.4 Å². The van der Waals surface area contributed by atoms with Crippen LogP contribution in [-0.4, -0.2) is 17.7 Å². The number of aromatic carboxylic acids is 1. The first-order chi connectivity index (χ1) is 13.3. The van der Waals surface area contributed by atoms with Crippen molar-refractivity contribution in [3.05, 3.63) is 82.5 Å². The number of hydrogen-bond donors (Lipinski definition) is 1. The Balaban J connectivity index is 0.000000200. The Kier molecular flexibility index (Phi) is 8.06. The lowest BCUT2D eigenvalue weighted by molar-refractivity contribution is 0.0702. The minimum Gasteiger partial charge on any atom is -0.477 e. The summed E-state index contributed by atoms with van der Waals surface area (Å²) in [5, 5.41) is 9.54. The van der Waals surface area contributed by atoms with E-state index >= 15 is 0 Å². The van der Waals surface area contributed by atoms with Gasteiger partial charge in [-0.25, -0.2) is 4.79 Å². The number of rotatable bonds is 5. The fraction of sp³-hybridized carbons (Fsp3) is 0.227. The first kappa shape index (κ1) is 22.0. The van der Waals surface area contributed by atoms with Crippen molar-refractivity contribution >= 4 is 25.3 Å². The monoisotopic (exact) mass is 415 g/mol. The molecule has 0 fully saturated rings. The summed E-state index contributed by atoms with van der Waals surface area (Å²) in [5.41, 5.74) is 3.10. The van der Waals surface area contributed by atoms with Crippen LogP contribution < -0.4 is 0 Å². The second kappa shape index (κ2) is 10.3. The Morgan fingerprint density at radius 2 is 1.93 bits per heavy atom. The Morgan fingerprint density at radius 1 is 1.25 bits per heavy atom. The highest BCUT2D eigenvalue weighted by atomic mass is 32.1. The third-order valence-electron chi connectivity index (χ3n) is 4.28. The van der Waals surface area contributed by atoms with Crippen LogP contribution in [0.2, 0.25) is 0 Å². The quantitative estimate of drug-likeness (QED) is 0.539. The molecule has 1 heterocycles. The molecule has 0 spiro atoms. The highest BCUT2D eigenvalue weighted by molar-refractivity contribution is 7.44. The van der Waals surface area contributed by atoms with Crippen LogP contribution in [0.3, 0.4) is 0 Å². The molecule has 0 saturated carbocycles. The first-order valence-corrected chi connectivity index (χ1v) is 10.9. The average molecular weight is 415 g/mol. The maximum atomic E-state index is 11.6. The lowest BCUT2D eigenvalue weighted by Gasteiger charge is -2.14. The van der Waals surface area contributed by atoms with Crippen molar-refractivity contribution in [2.24, 2.45) is 5.92 Å². The van der Waals surface area contributed by atoms with Gasteiger partial charge in [0.05, 0.1) is 0 Å². The summed E-state index contributed by atoms with van der Waals surface area (Å²) in [5.74, 6) is -0.527. The van der Waals surface area contributed by atoms with E-state index in [1.165, 1.54) is 11.3 Å². The van der Waals surface area contributed by atoms with Gasteiger partial charge in [0, 0.05) is 10.5 Å². The fourth-order valence-corrected chi connectivity index (χ4v) is 4.43. The highest BCUT2D eigenvalue weighted by Gasteiger charge is 2.29. The van der Waals surface area contributed by atoms with Gasteiger partial charge >= 0.3 is 14.0 Å². The van der Waals surface area contributed by atoms with E-state index in [1.807, 2.05) is 62.4 Å². The second-order valence-corrected chi connectivity index (χ2v) is 8.53. The number of thiophene rings is 1. The molecule has 4 nitrogen and oxygen atoms in total. The van der Waals surface area contributed by atoms with Crippen LogP contribution in [0, 0.1) is 5.92 Å². The van der Waals surface area contributed by atoms with Gasteiger partial charge in [0.1, 0.15) is 11.5 Å². The maximum absolute atomic E-state index is 11.6. The van der Waals surface area contributed by atoms with Crippen molar-refractivity contribution in [2.75, 3.05) is 6.61 Å². The molecule has 2 atom stereocenters. The molecule has 0 bridgehead atoms. The summed E-state index contributed by atoms with van der Waals surface area (Å²) in [6.45, 7) is 10.3. The average Bonchev–Trinajstić information content (AvgIpc) is 3.18. The van der Waals surface area contributed by atoms with Crippen LogP contribution in [-0.2, 0) is 9.09 Å². The van der Waals surface area contributed by atoms with Gasteiger partial charge < -0.3 is 5.11 Å². The summed E-state index contributed by atoms with van der Waals surface area (Å²) in [4.78, 5) is 12.0. The summed E-state index contributed by atoms with van der Waals surface area (Å²) in [6.07, 6.45) is 3.90. The lowest BCUT2D eigenvalue weighted by atomic mass is 9.92. The van der Waals surface area contributed by atoms with E-state index in [1.54, 1.807) is 6.07 Å². The largest absolute Gasteiger partial charge is 0.548 e. The Bertz CT molecular complexity index is 925. The normalized spacial score (nSPS) is 16.5. The number of carboxylic acid groups (broad SMARTS) is 1. The molecule has 2 unspecified atom stereocenters. The molecule has 6 heteroatoms. The van der Waals surface area contributed by atoms with E-state index < -0.39 is 14.0 Å². The highest BCUT2D eigenvalue weighted by Crippen LogP contribution is 2.42. The third kappa shape index (κ3) is 5.59. The summed E-state index contributed by atoms with van der Waals surface area (Å²) < 4.78 is 16.7. The molecule has 28 heavy (non-hydrogen) atoms. The van der Waals surface area contributed by atoms with Gasteiger partial charge in [0.25, 0.3) is 0 Å². The Labute approximate surface area is 170 Å². The number of carbonyl (C=O) groups is 1. The third-order valence-corrected chi connectivity index (χ3v) is 6.77. The fourth-order valence-electron chi connectivity index (χ4n) is 2.58. The van der Waals surface area contributed by atoms with Crippen molar-refractivity contribution in [2.45, 2.75) is 20.8 Å². The number of benzene rings is 1. The number of carboxylic acids is 1. The van der Waals surface area contributed by atoms with Crippen LogP contribution in [0.5, 0.6) is 0 Å². The van der Waals surface area contributed by atoms with E-state index in [4.69, 9.17) is 9.63 Å². The smallest absolute Gasteiger partial charge is 0.477 e. The molecule has 0 radical (unpaired) electrons. The summed E-state index contributed by atoms with van der Waals surface area (Å²) in [6, 6.07) is 13.2. The van der Waals surface area contributed by atoms with Gasteiger partial charge in [-0.2, -0.15) is 0 Å². The van der Waals surface area contributed by atoms with Crippen LogP contribution >= 0.6 is 19.4 Å². The molecule has 1 aromatic carbocycles. The van der Waals surface area contributed by atoms with Crippen LogP contribution in [0.15, 0.2) is 77.7 Å². The molecule has 0 amide bonds. The van der Waals surface area contributed by atoms with E-state index in [-0.39, 0.29) is 0 Å². The molecule has 146 valence electrons. The summed E-state index contributed by atoms with van der Waals surface area (Å²) >= 11 is 1.29. The van der Waals surface area contributed by atoms with Crippen molar-refractivity contribution < 1.29 is 19.0 Å². The molecule has 1 N–H and O–H groups in total. The molecular formula is C22H24O4PS+. The molecule has 1 aromatic heterocycles. The maximum Gasteiger partial charge on any atom is 0.548 e. The topological polar surface area (TPSA) is 63.6 Å². The summed E-state index contributed by atoms with van der Waals surface area (Å²) in [7, 11) is -1.70. The standard InChI is InChI=1S/C11H16O2P.C11H8O2S/c1-5-13-14(12)11-7-6-8(2)9(3)10(11)4;12-11(13)10-7-6-9(14-10)8-4-2-1-3-5-8/h6-8H,3,5H2,1-2,4H3;1-7H,(H,12,13)/q+1;. The van der Waals surface area contributed by atoms with E-state index in [2.05, 4.69) is 13.5 Å². The number of allylic oxidation sites excluding steroid dienone is 5. The van der Waals surface area contributed by atoms with Gasteiger partial charge in [-0.15, -0.1) is 15.9 Å². The van der Waals surface area contributed by atoms with Crippen LogP contribution in [0.4, 0.5) is 0 Å². The van der Waals surface area contributed by atoms with Gasteiger partial charge in [-0.1, -0.05) is 49.9 Å². The van der Waals surface area contributed by atoms with Crippen molar-refractivity contribution in [1.82, 2.24) is 0 Å². The van der Waals surface area contributed by atoms with Crippen molar-refractivity contribution in [3.8, 4) is 10.4 Å². The molecule has 2 aromatic rings. The lowest BCUT2D eigenvalue weighted by Crippen LogP contribution is -2.02. The molecular weight excluding hydrogens is 391 g/mol. The van der Waals surface area contributed by atoms with Gasteiger partial charge in [-0.3, -0.25) is 0 Å². The second-order valence-electron chi connectivity index (χ2n) is 6.19. The molecule has 1 aliphatic rings. The van der Waals surface area contributed by atoms with E-state index in [0.717, 1.165) is 26.9 Å². The number of hydrogen-bond acceptors (Lipinski definition) is 4. The van der Waals surface area contributed by atoms with E-state index in [0.29, 0.717) is 17.4 Å². The molecule has 3 rings (SSSR count). The van der Waals surface area contributed by atoms with Gasteiger partial charge in [-0.05, 0) is 53.7 Å². The molecule has 0 saturated heterocycles. The van der Waals surface area contributed by atoms with Crippen LogP contribution in [0.25, 0.3) is 10.4 Å². The molecule has 1 aliphatic carbocycles. The SMILES string of the molecule is C=C1C(C)=C([P+](=O)OCC)C=CC1C.O=C(O)c1ccc(-c2ccccc2)s1. The van der Waals surface area contributed by atoms with Gasteiger partial charge in [0.2, 0.25) is 5.31 Å². The Morgan fingerprint density at radius 3 is 2.50 bits per heavy atom. The minimum absolute atomic E-state index is 0.337. The predicted molar refractivity (Wildman–Crippen MR) is 116 cm³/mol. The zero-order valence-corrected chi connectivity index (χ0v) is 17.9.